The number of para-hydroxylation sites is 2. The molecule has 0 radical (unpaired) electrons. The maximum Gasteiger partial charge on any atom is 0.244 e. The Kier molecular flexibility index (Phi) is 4.63. The number of carbonyl (C=O) groups excluding carboxylic acids is 1. The van der Waals surface area contributed by atoms with Gasteiger partial charge in [0.05, 0.1) is 11.0 Å². The van der Waals surface area contributed by atoms with Crippen LogP contribution in [0.5, 0.6) is 0 Å². The van der Waals surface area contributed by atoms with Gasteiger partial charge < -0.3 is 10.3 Å². The SMILES string of the molecule is CC(C)CNC(=O)/C=C\Sc1nc2ccccc2[nH]1. The van der Waals surface area contributed by atoms with E-state index in [4.69, 9.17) is 0 Å². The molecule has 0 unspecified atom stereocenters. The van der Waals surface area contributed by atoms with E-state index in [9.17, 15) is 4.79 Å². The summed E-state index contributed by atoms with van der Waals surface area (Å²) in [4.78, 5) is 19.1. The average molecular weight is 275 g/mol. The number of aromatic amines is 1. The fraction of sp³-hybridized carbons (Fsp3) is 0.286. The molecule has 1 aromatic carbocycles. The minimum atomic E-state index is -0.0719. The highest BCUT2D eigenvalue weighted by Gasteiger charge is 2.01. The summed E-state index contributed by atoms with van der Waals surface area (Å²) in [5.41, 5.74) is 1.94. The molecule has 0 aliphatic heterocycles. The average Bonchev–Trinajstić information content (AvgIpc) is 2.79. The van der Waals surface area contributed by atoms with Crippen LogP contribution in [-0.4, -0.2) is 22.4 Å². The minimum absolute atomic E-state index is 0.0719. The lowest BCUT2D eigenvalue weighted by Crippen LogP contribution is -2.25. The van der Waals surface area contributed by atoms with Crippen LogP contribution >= 0.6 is 11.8 Å². The van der Waals surface area contributed by atoms with Crippen molar-refractivity contribution >= 4 is 28.7 Å². The Hall–Kier alpha value is -1.75. The molecule has 0 fully saturated rings. The molecule has 0 spiro atoms. The van der Waals surface area contributed by atoms with Crippen LogP contribution in [0.4, 0.5) is 0 Å². The Morgan fingerprint density at radius 3 is 3.00 bits per heavy atom. The molecule has 4 nitrogen and oxygen atoms in total. The first-order valence-corrected chi connectivity index (χ1v) is 7.09. The van der Waals surface area contributed by atoms with E-state index in [0.29, 0.717) is 12.5 Å². The molecule has 2 aromatic rings. The van der Waals surface area contributed by atoms with Gasteiger partial charge in [0.25, 0.3) is 0 Å². The number of nitrogens with zero attached hydrogens (tertiary/aromatic N) is 1. The van der Waals surface area contributed by atoms with Crippen LogP contribution < -0.4 is 5.32 Å². The van der Waals surface area contributed by atoms with Gasteiger partial charge in [0.1, 0.15) is 0 Å². The van der Waals surface area contributed by atoms with Crippen molar-refractivity contribution in [3.05, 3.63) is 35.7 Å². The zero-order valence-corrected chi connectivity index (χ0v) is 11.8. The molecule has 1 aromatic heterocycles. The van der Waals surface area contributed by atoms with E-state index in [-0.39, 0.29) is 5.91 Å². The van der Waals surface area contributed by atoms with Crippen molar-refractivity contribution in [1.29, 1.82) is 0 Å². The second-order valence-corrected chi connectivity index (χ2v) is 5.51. The first-order chi connectivity index (χ1) is 9.15. The van der Waals surface area contributed by atoms with Gasteiger partial charge in [-0.1, -0.05) is 37.7 Å². The highest BCUT2D eigenvalue weighted by molar-refractivity contribution is 8.02. The molecule has 0 aliphatic carbocycles. The van der Waals surface area contributed by atoms with Crippen molar-refractivity contribution in [2.24, 2.45) is 5.92 Å². The molecule has 0 bridgehead atoms. The molecule has 0 aliphatic rings. The molecule has 0 saturated heterocycles. The Labute approximate surface area is 116 Å². The molecule has 0 atom stereocenters. The molecule has 5 heteroatoms. The third kappa shape index (κ3) is 4.13. The van der Waals surface area contributed by atoms with Crippen molar-refractivity contribution in [1.82, 2.24) is 15.3 Å². The highest BCUT2D eigenvalue weighted by atomic mass is 32.2. The molecule has 1 heterocycles. The fourth-order valence-corrected chi connectivity index (χ4v) is 2.15. The van der Waals surface area contributed by atoms with Gasteiger partial charge in [-0.2, -0.15) is 0 Å². The van der Waals surface area contributed by atoms with E-state index in [2.05, 4.69) is 29.1 Å². The number of aromatic nitrogens is 2. The first kappa shape index (κ1) is 13.7. The molecule has 0 saturated carbocycles. The molecule has 19 heavy (non-hydrogen) atoms. The van der Waals surface area contributed by atoms with Crippen LogP contribution in [-0.2, 0) is 4.79 Å². The van der Waals surface area contributed by atoms with E-state index in [1.54, 1.807) is 5.41 Å². The summed E-state index contributed by atoms with van der Waals surface area (Å²) in [6, 6.07) is 7.84. The lowest BCUT2D eigenvalue weighted by Gasteiger charge is -2.03. The van der Waals surface area contributed by atoms with Gasteiger partial charge in [0, 0.05) is 12.6 Å². The van der Waals surface area contributed by atoms with Crippen LogP contribution in [0.15, 0.2) is 40.9 Å². The zero-order chi connectivity index (χ0) is 13.7. The normalized spacial score (nSPS) is 11.5. The molecular formula is C14H17N3OS. The predicted molar refractivity (Wildman–Crippen MR) is 78.9 cm³/mol. The second-order valence-electron chi connectivity index (χ2n) is 4.62. The van der Waals surface area contributed by atoms with Crippen molar-refractivity contribution in [3.63, 3.8) is 0 Å². The van der Waals surface area contributed by atoms with E-state index < -0.39 is 0 Å². The topological polar surface area (TPSA) is 57.8 Å². The van der Waals surface area contributed by atoms with Gasteiger partial charge in [-0.15, -0.1) is 0 Å². The van der Waals surface area contributed by atoms with Crippen LogP contribution in [0, 0.1) is 5.92 Å². The van der Waals surface area contributed by atoms with Gasteiger partial charge in [-0.05, 0) is 23.5 Å². The highest BCUT2D eigenvalue weighted by Crippen LogP contribution is 2.19. The fourth-order valence-electron chi connectivity index (χ4n) is 1.51. The van der Waals surface area contributed by atoms with Crippen LogP contribution in [0.2, 0.25) is 0 Å². The van der Waals surface area contributed by atoms with Gasteiger partial charge in [0.2, 0.25) is 5.91 Å². The van der Waals surface area contributed by atoms with E-state index in [0.717, 1.165) is 16.2 Å². The van der Waals surface area contributed by atoms with Crippen molar-refractivity contribution < 1.29 is 4.79 Å². The molecule has 2 N–H and O–H groups in total. The quantitative estimate of drug-likeness (QED) is 0.651. The Morgan fingerprint density at radius 1 is 1.47 bits per heavy atom. The second kappa shape index (κ2) is 6.43. The zero-order valence-electron chi connectivity index (χ0n) is 11.0. The largest absolute Gasteiger partial charge is 0.352 e. The van der Waals surface area contributed by atoms with E-state index in [1.807, 2.05) is 24.3 Å². The van der Waals surface area contributed by atoms with E-state index in [1.165, 1.54) is 17.8 Å². The van der Waals surface area contributed by atoms with Crippen LogP contribution in [0.3, 0.4) is 0 Å². The first-order valence-electron chi connectivity index (χ1n) is 6.21. The van der Waals surface area contributed by atoms with Gasteiger partial charge in [-0.3, -0.25) is 4.79 Å². The Bertz CT molecular complexity index is 556. The number of nitrogens with one attached hydrogen (secondary N) is 2. The number of H-pyrrole nitrogens is 1. The minimum Gasteiger partial charge on any atom is -0.352 e. The van der Waals surface area contributed by atoms with Crippen molar-refractivity contribution in [3.8, 4) is 0 Å². The summed E-state index contributed by atoms with van der Waals surface area (Å²) in [5, 5.41) is 5.35. The lowest BCUT2D eigenvalue weighted by molar-refractivity contribution is -0.116. The summed E-state index contributed by atoms with van der Waals surface area (Å²) in [7, 11) is 0. The number of hydrogen-bond acceptors (Lipinski definition) is 3. The maximum absolute atomic E-state index is 11.5. The smallest absolute Gasteiger partial charge is 0.244 e. The number of hydrogen-bond donors (Lipinski definition) is 2. The number of rotatable bonds is 5. The van der Waals surface area contributed by atoms with Crippen LogP contribution in [0.1, 0.15) is 13.8 Å². The maximum atomic E-state index is 11.5. The molecular weight excluding hydrogens is 258 g/mol. The molecule has 1 amide bonds. The summed E-state index contributed by atoms with van der Waals surface area (Å²) < 4.78 is 0. The number of thioether (sulfide) groups is 1. The standard InChI is InChI=1S/C14H17N3OS/c1-10(2)9-15-13(18)7-8-19-14-16-11-5-3-4-6-12(11)17-14/h3-8,10H,9H2,1-2H3,(H,15,18)(H,16,17)/b8-7-. The molecule has 2 rings (SSSR count). The van der Waals surface area contributed by atoms with Crippen molar-refractivity contribution in [2.45, 2.75) is 19.0 Å². The van der Waals surface area contributed by atoms with Gasteiger partial charge in [0.15, 0.2) is 5.16 Å². The summed E-state index contributed by atoms with van der Waals surface area (Å²) >= 11 is 1.40. The number of imidazole rings is 1. The number of fused-ring (bicyclic) bond motifs is 1. The predicted octanol–water partition coefficient (Wildman–Crippen LogP) is 2.94. The van der Waals surface area contributed by atoms with Gasteiger partial charge >= 0.3 is 0 Å². The number of amides is 1. The monoisotopic (exact) mass is 275 g/mol. The lowest BCUT2D eigenvalue weighted by atomic mass is 10.2. The Balaban J connectivity index is 1.89. The summed E-state index contributed by atoms with van der Waals surface area (Å²) in [6.07, 6.45) is 1.53. The third-order valence-electron chi connectivity index (χ3n) is 2.45. The third-order valence-corrected chi connectivity index (χ3v) is 3.14. The molecule has 100 valence electrons. The van der Waals surface area contributed by atoms with Gasteiger partial charge in [-0.25, -0.2) is 4.98 Å². The summed E-state index contributed by atoms with van der Waals surface area (Å²) in [5.74, 6) is 0.387. The van der Waals surface area contributed by atoms with Crippen molar-refractivity contribution in [2.75, 3.05) is 6.54 Å². The number of benzene rings is 1. The van der Waals surface area contributed by atoms with E-state index >= 15 is 0 Å². The number of carbonyl (C=O) groups is 1. The summed E-state index contributed by atoms with van der Waals surface area (Å²) in [6.45, 7) is 4.82. The van der Waals surface area contributed by atoms with Crippen LogP contribution in [0.25, 0.3) is 11.0 Å². The Morgan fingerprint density at radius 2 is 2.26 bits per heavy atom.